The molecular weight excluding hydrogens is 266 g/mol. The molecule has 0 radical (unpaired) electrons. The van der Waals surface area contributed by atoms with Crippen LogP contribution in [0.5, 0.6) is 0 Å². The van der Waals surface area contributed by atoms with Crippen LogP contribution < -0.4 is 0 Å². The molecule has 1 N–H and O–H groups in total. The second-order valence-corrected chi connectivity index (χ2v) is 5.09. The van der Waals surface area contributed by atoms with E-state index in [0.717, 1.165) is 22.2 Å². The molecule has 0 aliphatic heterocycles. The van der Waals surface area contributed by atoms with Crippen molar-refractivity contribution in [1.29, 1.82) is 0 Å². The molecule has 1 unspecified atom stereocenters. The van der Waals surface area contributed by atoms with Gasteiger partial charge in [0.15, 0.2) is 5.58 Å². The van der Waals surface area contributed by atoms with Crippen LogP contribution in [0, 0.1) is 5.92 Å². The van der Waals surface area contributed by atoms with Gasteiger partial charge in [0.05, 0.1) is 5.92 Å². The van der Waals surface area contributed by atoms with Gasteiger partial charge in [0, 0.05) is 5.56 Å². The number of rotatable bonds is 4. The molecule has 4 nitrogen and oxygen atoms in total. The van der Waals surface area contributed by atoms with Gasteiger partial charge in [0.1, 0.15) is 5.52 Å². The van der Waals surface area contributed by atoms with Crippen LogP contribution in [0.1, 0.15) is 12.5 Å². The first kappa shape index (κ1) is 13.4. The molecule has 0 aliphatic carbocycles. The third-order valence-electron chi connectivity index (χ3n) is 3.49. The zero-order valence-electron chi connectivity index (χ0n) is 11.6. The number of carboxylic acid groups (broad SMARTS) is 1. The standard InChI is InChI=1S/C17H15NO3/c1-11(17(19)20)10-12-6-2-3-7-13(12)16-18-14-8-4-5-9-15(14)21-16/h2-9,11H,10H2,1H3,(H,19,20). The van der Waals surface area contributed by atoms with Crippen molar-refractivity contribution in [3.05, 3.63) is 54.1 Å². The van der Waals surface area contributed by atoms with Gasteiger partial charge in [-0.3, -0.25) is 4.79 Å². The number of carboxylic acids is 1. The van der Waals surface area contributed by atoms with E-state index >= 15 is 0 Å². The minimum atomic E-state index is -0.803. The molecular formula is C17H15NO3. The second-order valence-electron chi connectivity index (χ2n) is 5.09. The predicted molar refractivity (Wildman–Crippen MR) is 79.9 cm³/mol. The Hall–Kier alpha value is -2.62. The van der Waals surface area contributed by atoms with E-state index < -0.39 is 11.9 Å². The van der Waals surface area contributed by atoms with Crippen molar-refractivity contribution >= 4 is 17.1 Å². The number of nitrogens with zero attached hydrogens (tertiary/aromatic N) is 1. The molecule has 0 fully saturated rings. The van der Waals surface area contributed by atoms with Gasteiger partial charge >= 0.3 is 5.97 Å². The maximum absolute atomic E-state index is 11.1. The summed E-state index contributed by atoms with van der Waals surface area (Å²) in [5.74, 6) is -0.720. The lowest BCUT2D eigenvalue weighted by atomic mass is 9.97. The van der Waals surface area contributed by atoms with E-state index in [1.165, 1.54) is 0 Å². The lowest BCUT2D eigenvalue weighted by molar-refractivity contribution is -0.141. The fraction of sp³-hybridized carbons (Fsp3) is 0.176. The van der Waals surface area contributed by atoms with E-state index in [4.69, 9.17) is 9.52 Å². The zero-order valence-corrected chi connectivity index (χ0v) is 11.6. The maximum atomic E-state index is 11.1. The summed E-state index contributed by atoms with van der Waals surface area (Å²) in [5, 5.41) is 9.08. The molecule has 2 aromatic carbocycles. The summed E-state index contributed by atoms with van der Waals surface area (Å²) < 4.78 is 5.78. The molecule has 1 heterocycles. The molecule has 0 amide bonds. The smallest absolute Gasteiger partial charge is 0.306 e. The molecule has 0 saturated carbocycles. The van der Waals surface area contributed by atoms with Gasteiger partial charge in [-0.25, -0.2) is 4.98 Å². The van der Waals surface area contributed by atoms with Crippen LogP contribution in [0.4, 0.5) is 0 Å². The third kappa shape index (κ3) is 2.65. The molecule has 3 aromatic rings. The molecule has 0 spiro atoms. The normalized spacial score (nSPS) is 12.4. The Labute approximate surface area is 122 Å². The molecule has 106 valence electrons. The lowest BCUT2D eigenvalue weighted by Crippen LogP contribution is -2.12. The average Bonchev–Trinajstić information content (AvgIpc) is 2.91. The molecule has 1 atom stereocenters. The van der Waals surface area contributed by atoms with E-state index in [9.17, 15) is 4.79 Å². The Morgan fingerprint density at radius 2 is 1.90 bits per heavy atom. The number of benzene rings is 2. The molecule has 0 aliphatic rings. The van der Waals surface area contributed by atoms with E-state index in [1.54, 1.807) is 6.92 Å². The monoisotopic (exact) mass is 281 g/mol. The fourth-order valence-electron chi connectivity index (χ4n) is 2.31. The second kappa shape index (κ2) is 5.40. The molecule has 1 aromatic heterocycles. The van der Waals surface area contributed by atoms with Gasteiger partial charge in [0.2, 0.25) is 5.89 Å². The summed E-state index contributed by atoms with van der Waals surface area (Å²) >= 11 is 0. The Bertz CT molecular complexity index is 758. The number of carbonyl (C=O) groups is 1. The van der Waals surface area contributed by atoms with Crippen molar-refractivity contribution in [2.75, 3.05) is 0 Å². The van der Waals surface area contributed by atoms with Gasteiger partial charge < -0.3 is 9.52 Å². The van der Waals surface area contributed by atoms with Crippen molar-refractivity contribution in [3.8, 4) is 11.5 Å². The van der Waals surface area contributed by atoms with E-state index in [2.05, 4.69) is 4.98 Å². The zero-order chi connectivity index (χ0) is 14.8. The predicted octanol–water partition coefficient (Wildman–Crippen LogP) is 3.76. The minimum absolute atomic E-state index is 0.449. The summed E-state index contributed by atoms with van der Waals surface area (Å²) in [6.07, 6.45) is 0.449. The summed E-state index contributed by atoms with van der Waals surface area (Å²) in [6, 6.07) is 15.2. The average molecular weight is 281 g/mol. The van der Waals surface area contributed by atoms with Crippen molar-refractivity contribution in [2.45, 2.75) is 13.3 Å². The van der Waals surface area contributed by atoms with Crippen molar-refractivity contribution in [2.24, 2.45) is 5.92 Å². The first-order valence-corrected chi connectivity index (χ1v) is 6.82. The van der Waals surface area contributed by atoms with Crippen molar-refractivity contribution in [3.63, 3.8) is 0 Å². The van der Waals surface area contributed by atoms with E-state index in [0.29, 0.717) is 12.3 Å². The van der Waals surface area contributed by atoms with Gasteiger partial charge in [0.25, 0.3) is 0 Å². The summed E-state index contributed by atoms with van der Waals surface area (Å²) in [5.41, 5.74) is 3.31. The Balaban J connectivity index is 2.03. The highest BCUT2D eigenvalue weighted by atomic mass is 16.4. The number of fused-ring (bicyclic) bond motifs is 1. The number of aliphatic carboxylic acids is 1. The van der Waals surface area contributed by atoms with Gasteiger partial charge in [-0.15, -0.1) is 0 Å². The summed E-state index contributed by atoms with van der Waals surface area (Å²) in [4.78, 5) is 15.5. The van der Waals surface area contributed by atoms with Crippen molar-refractivity contribution < 1.29 is 14.3 Å². The fourth-order valence-corrected chi connectivity index (χ4v) is 2.31. The number of para-hydroxylation sites is 2. The van der Waals surface area contributed by atoms with Gasteiger partial charge in [-0.1, -0.05) is 37.3 Å². The summed E-state index contributed by atoms with van der Waals surface area (Å²) in [6.45, 7) is 1.70. The first-order valence-electron chi connectivity index (χ1n) is 6.82. The van der Waals surface area contributed by atoms with Crippen LogP contribution in [0.2, 0.25) is 0 Å². The van der Waals surface area contributed by atoms with Crippen LogP contribution in [-0.2, 0) is 11.2 Å². The van der Waals surface area contributed by atoms with Crippen LogP contribution in [0.25, 0.3) is 22.6 Å². The molecule has 3 rings (SSSR count). The minimum Gasteiger partial charge on any atom is -0.481 e. The Kier molecular flexibility index (Phi) is 3.44. The Morgan fingerprint density at radius 1 is 1.19 bits per heavy atom. The largest absolute Gasteiger partial charge is 0.481 e. The summed E-state index contributed by atoms with van der Waals surface area (Å²) in [7, 11) is 0. The Morgan fingerprint density at radius 3 is 2.67 bits per heavy atom. The number of oxazole rings is 1. The van der Waals surface area contributed by atoms with Crippen LogP contribution in [-0.4, -0.2) is 16.1 Å². The van der Waals surface area contributed by atoms with Gasteiger partial charge in [-0.05, 0) is 30.2 Å². The topological polar surface area (TPSA) is 63.3 Å². The molecule has 4 heteroatoms. The quantitative estimate of drug-likeness (QED) is 0.791. The number of hydrogen-bond donors (Lipinski definition) is 1. The maximum Gasteiger partial charge on any atom is 0.306 e. The highest BCUT2D eigenvalue weighted by Gasteiger charge is 2.17. The third-order valence-corrected chi connectivity index (χ3v) is 3.49. The van der Waals surface area contributed by atoms with Gasteiger partial charge in [-0.2, -0.15) is 0 Å². The van der Waals surface area contributed by atoms with Crippen LogP contribution >= 0.6 is 0 Å². The van der Waals surface area contributed by atoms with Crippen LogP contribution in [0.15, 0.2) is 52.9 Å². The molecule has 0 bridgehead atoms. The van der Waals surface area contributed by atoms with Crippen LogP contribution in [0.3, 0.4) is 0 Å². The highest BCUT2D eigenvalue weighted by Crippen LogP contribution is 2.28. The lowest BCUT2D eigenvalue weighted by Gasteiger charge is -2.09. The van der Waals surface area contributed by atoms with E-state index in [1.807, 2.05) is 48.5 Å². The molecule has 0 saturated heterocycles. The highest BCUT2D eigenvalue weighted by molar-refractivity contribution is 5.77. The number of hydrogen-bond acceptors (Lipinski definition) is 3. The SMILES string of the molecule is CC(Cc1ccccc1-c1nc2ccccc2o1)C(=O)O. The molecule has 21 heavy (non-hydrogen) atoms. The van der Waals surface area contributed by atoms with E-state index in [-0.39, 0.29) is 0 Å². The first-order chi connectivity index (χ1) is 10.1. The van der Waals surface area contributed by atoms with Crippen molar-refractivity contribution in [1.82, 2.24) is 4.98 Å². The number of aromatic nitrogens is 1.